The number of unbranched alkanes of at least 4 members (excludes halogenated alkanes) is 3. The van der Waals surface area contributed by atoms with E-state index in [9.17, 15) is 14.9 Å². The number of carbonyl (C=O) groups is 1. The molecule has 29 heavy (non-hydrogen) atoms. The van der Waals surface area contributed by atoms with Crippen LogP contribution < -0.4 is 4.74 Å². The van der Waals surface area contributed by atoms with Crippen molar-refractivity contribution in [2.45, 2.75) is 32.6 Å². The summed E-state index contributed by atoms with van der Waals surface area (Å²) in [6.07, 6.45) is 5.34. The molecular formula is C21H24N2O5S. The molecule has 2 aromatic rings. The predicted molar refractivity (Wildman–Crippen MR) is 114 cm³/mol. The third-order valence-corrected chi connectivity index (χ3v) is 4.83. The summed E-state index contributed by atoms with van der Waals surface area (Å²) in [5, 5.41) is 10.8. The standard InChI is InChI=1S/C21H24N2O5S/c1-16(2)21(24)28-14-6-4-3-5-13-27-18-9-7-17(8-10-18)22-15-19-11-12-20(29-19)23(25)26/h7-12,15H,1,3-6,13-14H2,2H3. The average molecular weight is 416 g/mol. The number of ether oxygens (including phenoxy) is 2. The molecule has 7 nitrogen and oxygen atoms in total. The third kappa shape index (κ3) is 8.27. The molecule has 0 unspecified atom stereocenters. The van der Waals surface area contributed by atoms with E-state index in [0.717, 1.165) is 53.3 Å². The summed E-state index contributed by atoms with van der Waals surface area (Å²) < 4.78 is 10.7. The van der Waals surface area contributed by atoms with Gasteiger partial charge in [-0.1, -0.05) is 17.9 Å². The van der Waals surface area contributed by atoms with Gasteiger partial charge in [-0.15, -0.1) is 0 Å². The molecule has 8 heteroatoms. The van der Waals surface area contributed by atoms with E-state index in [1.54, 1.807) is 19.2 Å². The first-order valence-corrected chi connectivity index (χ1v) is 10.1. The van der Waals surface area contributed by atoms with E-state index < -0.39 is 4.92 Å². The largest absolute Gasteiger partial charge is 0.494 e. The van der Waals surface area contributed by atoms with E-state index in [-0.39, 0.29) is 11.0 Å². The average Bonchev–Trinajstić information content (AvgIpc) is 3.18. The minimum atomic E-state index is -0.410. The van der Waals surface area contributed by atoms with Gasteiger partial charge in [0, 0.05) is 17.9 Å². The zero-order valence-electron chi connectivity index (χ0n) is 16.3. The summed E-state index contributed by atoms with van der Waals surface area (Å²) in [5.41, 5.74) is 1.17. The van der Waals surface area contributed by atoms with E-state index in [4.69, 9.17) is 9.47 Å². The van der Waals surface area contributed by atoms with Crippen molar-refractivity contribution in [1.29, 1.82) is 0 Å². The van der Waals surface area contributed by atoms with Crippen molar-refractivity contribution in [2.24, 2.45) is 4.99 Å². The van der Waals surface area contributed by atoms with Gasteiger partial charge in [-0.25, -0.2) is 4.79 Å². The molecule has 0 saturated heterocycles. The lowest BCUT2D eigenvalue weighted by Crippen LogP contribution is -2.06. The van der Waals surface area contributed by atoms with Crippen LogP contribution in [0.4, 0.5) is 10.7 Å². The second kappa shape index (κ2) is 11.8. The highest BCUT2D eigenvalue weighted by molar-refractivity contribution is 7.16. The second-order valence-electron chi connectivity index (χ2n) is 6.36. The zero-order valence-corrected chi connectivity index (χ0v) is 17.2. The topological polar surface area (TPSA) is 91.0 Å². The van der Waals surface area contributed by atoms with Crippen molar-refractivity contribution in [1.82, 2.24) is 0 Å². The molecule has 154 valence electrons. The Balaban J connectivity index is 1.62. The molecule has 1 aromatic heterocycles. The quantitative estimate of drug-likeness (QED) is 0.114. The van der Waals surface area contributed by atoms with Crippen LogP contribution in [-0.4, -0.2) is 30.3 Å². The molecule has 0 radical (unpaired) electrons. The van der Waals surface area contributed by atoms with Crippen molar-refractivity contribution in [3.05, 3.63) is 63.5 Å². The maximum atomic E-state index is 11.2. The predicted octanol–water partition coefficient (Wildman–Crippen LogP) is 5.47. The van der Waals surface area contributed by atoms with Gasteiger partial charge >= 0.3 is 11.0 Å². The van der Waals surface area contributed by atoms with Gasteiger partial charge in [0.05, 0.1) is 28.7 Å². The Kier molecular flexibility index (Phi) is 9.04. The fraction of sp³-hybridized carbons (Fsp3) is 0.333. The number of esters is 1. The molecule has 0 saturated carbocycles. The Hall–Kier alpha value is -3.00. The van der Waals surface area contributed by atoms with Gasteiger partial charge in [0.2, 0.25) is 0 Å². The normalized spacial score (nSPS) is 10.8. The van der Waals surface area contributed by atoms with Gasteiger partial charge in [-0.2, -0.15) is 0 Å². The smallest absolute Gasteiger partial charge is 0.333 e. The number of hydrogen-bond donors (Lipinski definition) is 0. The fourth-order valence-corrected chi connectivity index (χ4v) is 3.01. The molecule has 0 aliphatic heterocycles. The SMILES string of the molecule is C=C(C)C(=O)OCCCCCCOc1ccc(N=Cc2ccc([N+](=O)[O-])s2)cc1. The van der Waals surface area contributed by atoms with Crippen molar-refractivity contribution < 1.29 is 19.2 Å². The number of nitrogens with zero attached hydrogens (tertiary/aromatic N) is 2. The maximum Gasteiger partial charge on any atom is 0.333 e. The minimum absolute atomic E-state index is 0.100. The summed E-state index contributed by atoms with van der Waals surface area (Å²) >= 11 is 1.08. The monoisotopic (exact) mass is 416 g/mol. The number of carbonyl (C=O) groups excluding carboxylic acids is 1. The number of nitro groups is 1. The van der Waals surface area contributed by atoms with Gasteiger partial charge < -0.3 is 9.47 Å². The number of hydrogen-bond acceptors (Lipinski definition) is 7. The van der Waals surface area contributed by atoms with Crippen LogP contribution in [-0.2, 0) is 9.53 Å². The number of aliphatic imine (C=N–C) groups is 1. The molecule has 0 amide bonds. The first kappa shape index (κ1) is 22.3. The van der Waals surface area contributed by atoms with E-state index in [0.29, 0.717) is 18.8 Å². The summed E-state index contributed by atoms with van der Waals surface area (Å²) in [6, 6.07) is 10.5. The zero-order chi connectivity index (χ0) is 21.1. The van der Waals surface area contributed by atoms with E-state index >= 15 is 0 Å². The van der Waals surface area contributed by atoms with Crippen LogP contribution in [0.5, 0.6) is 5.75 Å². The van der Waals surface area contributed by atoms with Gasteiger partial charge in [-0.05, 0) is 62.9 Å². The molecule has 0 aliphatic carbocycles. The third-order valence-electron chi connectivity index (χ3n) is 3.86. The molecular weight excluding hydrogens is 392 g/mol. The van der Waals surface area contributed by atoms with E-state index in [2.05, 4.69) is 11.6 Å². The molecule has 0 N–H and O–H groups in total. The molecule has 0 fully saturated rings. The summed E-state index contributed by atoms with van der Waals surface area (Å²) in [4.78, 5) is 26.5. The summed E-state index contributed by atoms with van der Waals surface area (Å²) in [6.45, 7) is 6.22. The lowest BCUT2D eigenvalue weighted by atomic mass is 10.2. The molecule has 0 spiro atoms. The van der Waals surface area contributed by atoms with E-state index in [1.165, 1.54) is 6.07 Å². The second-order valence-corrected chi connectivity index (χ2v) is 7.46. The molecule has 0 atom stereocenters. The van der Waals surface area contributed by atoms with Crippen molar-refractivity contribution in [3.63, 3.8) is 0 Å². The van der Waals surface area contributed by atoms with Crippen LogP contribution in [0.3, 0.4) is 0 Å². The molecule has 0 aliphatic rings. The van der Waals surface area contributed by atoms with Crippen LogP contribution in [0, 0.1) is 10.1 Å². The van der Waals surface area contributed by atoms with Crippen LogP contribution >= 0.6 is 11.3 Å². The van der Waals surface area contributed by atoms with Gasteiger partial charge in [0.15, 0.2) is 0 Å². The van der Waals surface area contributed by atoms with Crippen molar-refractivity contribution >= 4 is 34.2 Å². The Labute approximate surface area is 173 Å². The minimum Gasteiger partial charge on any atom is -0.494 e. The first-order valence-electron chi connectivity index (χ1n) is 9.29. The highest BCUT2D eigenvalue weighted by Crippen LogP contribution is 2.24. The van der Waals surface area contributed by atoms with Crippen LogP contribution in [0.2, 0.25) is 0 Å². The van der Waals surface area contributed by atoms with Crippen LogP contribution in [0.15, 0.2) is 53.5 Å². The lowest BCUT2D eigenvalue weighted by molar-refractivity contribution is -0.380. The van der Waals surface area contributed by atoms with Gasteiger partial charge in [-0.3, -0.25) is 15.1 Å². The molecule has 0 bridgehead atoms. The Morgan fingerprint density at radius 2 is 1.83 bits per heavy atom. The Morgan fingerprint density at radius 3 is 2.45 bits per heavy atom. The number of benzene rings is 1. The summed E-state index contributed by atoms with van der Waals surface area (Å²) in [5.74, 6) is 0.434. The van der Waals surface area contributed by atoms with Crippen molar-refractivity contribution in [3.8, 4) is 5.75 Å². The fourth-order valence-electron chi connectivity index (χ4n) is 2.31. The van der Waals surface area contributed by atoms with Gasteiger partial charge in [0.1, 0.15) is 5.75 Å². The number of rotatable bonds is 12. The number of thiophene rings is 1. The molecule has 2 rings (SSSR count). The maximum absolute atomic E-state index is 11.2. The Bertz CT molecular complexity index is 858. The van der Waals surface area contributed by atoms with Crippen molar-refractivity contribution in [2.75, 3.05) is 13.2 Å². The highest BCUT2D eigenvalue weighted by atomic mass is 32.1. The van der Waals surface area contributed by atoms with Gasteiger partial charge in [0.25, 0.3) is 0 Å². The lowest BCUT2D eigenvalue weighted by Gasteiger charge is -2.07. The van der Waals surface area contributed by atoms with E-state index in [1.807, 2.05) is 24.3 Å². The summed E-state index contributed by atoms with van der Waals surface area (Å²) in [7, 11) is 0. The van der Waals surface area contributed by atoms with Crippen LogP contribution in [0.25, 0.3) is 0 Å². The first-order chi connectivity index (χ1) is 14.0. The molecule has 1 aromatic carbocycles. The van der Waals surface area contributed by atoms with Crippen LogP contribution in [0.1, 0.15) is 37.5 Å². The molecule has 1 heterocycles. The Morgan fingerprint density at radius 1 is 1.14 bits per heavy atom. The highest BCUT2D eigenvalue weighted by Gasteiger charge is 2.08.